The molecule has 1 N–H and O–H groups in total. The second kappa shape index (κ2) is 6.18. The topological polar surface area (TPSA) is 44.8 Å². The molecule has 0 aliphatic heterocycles. The third kappa shape index (κ3) is 3.07. The van der Waals surface area contributed by atoms with Crippen molar-refractivity contribution in [3.63, 3.8) is 0 Å². The Labute approximate surface area is 120 Å². The summed E-state index contributed by atoms with van der Waals surface area (Å²) in [5.74, 6) is 0. The third-order valence-corrected chi connectivity index (χ3v) is 4.01. The average molecular weight is 270 g/mol. The zero-order valence-electron chi connectivity index (χ0n) is 12.1. The number of hydrogen-bond acceptors (Lipinski definition) is 3. The van der Waals surface area contributed by atoms with Gasteiger partial charge < -0.3 is 0 Å². The van der Waals surface area contributed by atoms with Crippen molar-refractivity contribution in [2.75, 3.05) is 7.05 Å². The van der Waals surface area contributed by atoms with E-state index in [9.17, 15) is 0 Å². The number of nitrogens with zero attached hydrogens (tertiary/aromatic N) is 3. The van der Waals surface area contributed by atoms with Crippen molar-refractivity contribution in [1.29, 1.82) is 0 Å². The highest BCUT2D eigenvalue weighted by Gasteiger charge is 2.16. The van der Waals surface area contributed by atoms with Gasteiger partial charge in [-0.15, -0.1) is 0 Å². The van der Waals surface area contributed by atoms with E-state index in [-0.39, 0.29) is 0 Å². The predicted octanol–water partition coefficient (Wildman–Crippen LogP) is 2.71. The van der Waals surface area contributed by atoms with E-state index >= 15 is 0 Å². The molecule has 0 spiro atoms. The van der Waals surface area contributed by atoms with Crippen molar-refractivity contribution in [3.8, 4) is 0 Å². The molecule has 0 amide bonds. The molecule has 0 fully saturated rings. The van der Waals surface area contributed by atoms with Gasteiger partial charge in [-0.05, 0) is 56.0 Å². The van der Waals surface area contributed by atoms with Gasteiger partial charge in [-0.3, -0.25) is 15.0 Å². The molecule has 1 aliphatic rings. The molecular weight excluding hydrogens is 248 g/mol. The summed E-state index contributed by atoms with van der Waals surface area (Å²) in [5.41, 5.74) is 5.38. The van der Waals surface area contributed by atoms with E-state index in [1.807, 2.05) is 12.4 Å². The van der Waals surface area contributed by atoms with Crippen LogP contribution >= 0.6 is 0 Å². The predicted molar refractivity (Wildman–Crippen MR) is 79.3 cm³/mol. The molecule has 2 aromatic rings. The monoisotopic (exact) mass is 270 g/mol. The van der Waals surface area contributed by atoms with E-state index in [2.05, 4.69) is 39.3 Å². The number of nitrogens with one attached hydrogen (secondary N) is 1. The lowest BCUT2D eigenvalue weighted by molar-refractivity contribution is 0.313. The molecule has 0 bridgehead atoms. The zero-order chi connectivity index (χ0) is 13.8. The molecule has 0 aromatic carbocycles. The van der Waals surface area contributed by atoms with E-state index in [4.69, 9.17) is 0 Å². The first-order chi connectivity index (χ1) is 9.83. The van der Waals surface area contributed by atoms with E-state index in [1.54, 1.807) is 0 Å². The van der Waals surface area contributed by atoms with Gasteiger partial charge in [0.1, 0.15) is 0 Å². The summed E-state index contributed by atoms with van der Waals surface area (Å²) in [6.07, 6.45) is 9.98. The number of pyridine rings is 1. The molecule has 4 heteroatoms. The number of rotatable bonds is 4. The van der Waals surface area contributed by atoms with Crippen LogP contribution in [-0.2, 0) is 25.9 Å². The van der Waals surface area contributed by atoms with Crippen LogP contribution in [0, 0.1) is 0 Å². The van der Waals surface area contributed by atoms with E-state index < -0.39 is 0 Å². The fourth-order valence-corrected chi connectivity index (χ4v) is 2.97. The summed E-state index contributed by atoms with van der Waals surface area (Å²) in [6.45, 7) is 1.85. The fourth-order valence-electron chi connectivity index (χ4n) is 2.97. The van der Waals surface area contributed by atoms with E-state index in [1.165, 1.54) is 48.2 Å². The third-order valence-electron chi connectivity index (χ3n) is 4.01. The molecular formula is C16H22N4. The lowest BCUT2D eigenvalue weighted by Crippen LogP contribution is -2.18. The number of hydrogen-bond donors (Lipinski definition) is 1. The average Bonchev–Trinajstić information content (AvgIpc) is 2.69. The van der Waals surface area contributed by atoms with Crippen LogP contribution in [0.5, 0.6) is 0 Å². The molecule has 0 unspecified atom stereocenters. The number of aryl methyl sites for hydroxylation is 1. The van der Waals surface area contributed by atoms with Crippen LogP contribution in [0.4, 0.5) is 0 Å². The molecule has 0 saturated carbocycles. The minimum absolute atomic E-state index is 0.911. The Hall–Kier alpha value is -1.68. The van der Waals surface area contributed by atoms with Crippen molar-refractivity contribution in [3.05, 3.63) is 47.0 Å². The highest BCUT2D eigenvalue weighted by molar-refractivity contribution is 5.26. The Morgan fingerprint density at radius 1 is 1.10 bits per heavy atom. The molecule has 2 heterocycles. The molecule has 0 atom stereocenters. The lowest BCUT2D eigenvalue weighted by Gasteiger charge is -2.16. The number of H-pyrrole nitrogens is 1. The number of fused-ring (bicyclic) bond motifs is 1. The van der Waals surface area contributed by atoms with E-state index in [0.717, 1.165) is 19.5 Å². The minimum Gasteiger partial charge on any atom is -0.296 e. The summed E-state index contributed by atoms with van der Waals surface area (Å²) >= 11 is 0. The van der Waals surface area contributed by atoms with Crippen LogP contribution in [-0.4, -0.2) is 27.1 Å². The number of aromatic amines is 1. The Morgan fingerprint density at radius 3 is 2.75 bits per heavy atom. The van der Waals surface area contributed by atoms with Crippen molar-refractivity contribution >= 4 is 0 Å². The molecule has 0 saturated heterocycles. The van der Waals surface area contributed by atoms with Gasteiger partial charge in [0.15, 0.2) is 0 Å². The fraction of sp³-hybridized carbons (Fsp3) is 0.500. The summed E-state index contributed by atoms with van der Waals surface area (Å²) in [6, 6.07) is 4.14. The second-order valence-electron chi connectivity index (χ2n) is 5.72. The van der Waals surface area contributed by atoms with Gasteiger partial charge in [0.2, 0.25) is 0 Å². The van der Waals surface area contributed by atoms with Crippen LogP contribution < -0.4 is 0 Å². The zero-order valence-corrected chi connectivity index (χ0v) is 12.1. The lowest BCUT2D eigenvalue weighted by atomic mass is 10.1. The van der Waals surface area contributed by atoms with Gasteiger partial charge in [0.05, 0.1) is 5.69 Å². The quantitative estimate of drug-likeness (QED) is 0.869. The SMILES string of the molecule is CN(Cc1ccncc1)Cc1n[nH]c2c1CCCCC2. The highest BCUT2D eigenvalue weighted by atomic mass is 15.2. The smallest absolute Gasteiger partial charge is 0.0797 e. The summed E-state index contributed by atoms with van der Waals surface area (Å²) < 4.78 is 0. The van der Waals surface area contributed by atoms with Gasteiger partial charge in [0, 0.05) is 31.2 Å². The van der Waals surface area contributed by atoms with Gasteiger partial charge >= 0.3 is 0 Å². The van der Waals surface area contributed by atoms with Crippen molar-refractivity contribution in [1.82, 2.24) is 20.1 Å². The van der Waals surface area contributed by atoms with Gasteiger partial charge in [-0.25, -0.2) is 0 Å². The van der Waals surface area contributed by atoms with Gasteiger partial charge in [-0.1, -0.05) is 6.42 Å². The molecule has 4 nitrogen and oxygen atoms in total. The minimum atomic E-state index is 0.911. The maximum Gasteiger partial charge on any atom is 0.0797 e. The molecule has 0 radical (unpaired) electrons. The maximum atomic E-state index is 4.54. The summed E-state index contributed by atoms with van der Waals surface area (Å²) in [4.78, 5) is 6.38. The van der Waals surface area contributed by atoms with Gasteiger partial charge in [0.25, 0.3) is 0 Å². The van der Waals surface area contributed by atoms with Crippen LogP contribution in [0.25, 0.3) is 0 Å². The van der Waals surface area contributed by atoms with Gasteiger partial charge in [-0.2, -0.15) is 5.10 Å². The molecule has 20 heavy (non-hydrogen) atoms. The first kappa shape index (κ1) is 13.3. The van der Waals surface area contributed by atoms with Crippen molar-refractivity contribution in [2.24, 2.45) is 0 Å². The standard InChI is InChI=1S/C16H22N4/c1-20(11-13-7-9-17-10-8-13)12-16-14-5-3-2-4-6-15(14)18-19-16/h7-10H,2-6,11-12H2,1H3,(H,18,19). The number of aromatic nitrogens is 3. The van der Waals surface area contributed by atoms with Crippen LogP contribution in [0.3, 0.4) is 0 Å². The Kier molecular flexibility index (Phi) is 4.11. The summed E-state index contributed by atoms with van der Waals surface area (Å²) in [5, 5.41) is 7.79. The Morgan fingerprint density at radius 2 is 1.90 bits per heavy atom. The first-order valence-corrected chi connectivity index (χ1v) is 7.45. The Bertz CT molecular complexity index is 547. The highest BCUT2D eigenvalue weighted by Crippen LogP contribution is 2.22. The molecule has 1 aliphatic carbocycles. The normalized spacial score (nSPS) is 15.1. The second-order valence-corrected chi connectivity index (χ2v) is 5.72. The molecule has 2 aromatic heterocycles. The van der Waals surface area contributed by atoms with Crippen molar-refractivity contribution < 1.29 is 0 Å². The molecule has 3 rings (SSSR count). The Balaban J connectivity index is 1.67. The van der Waals surface area contributed by atoms with Crippen LogP contribution in [0.2, 0.25) is 0 Å². The van der Waals surface area contributed by atoms with Crippen molar-refractivity contribution in [2.45, 2.75) is 45.2 Å². The van der Waals surface area contributed by atoms with Crippen LogP contribution in [0.15, 0.2) is 24.5 Å². The van der Waals surface area contributed by atoms with E-state index in [0.29, 0.717) is 0 Å². The maximum absolute atomic E-state index is 4.54. The molecule has 106 valence electrons. The first-order valence-electron chi connectivity index (χ1n) is 7.45. The summed E-state index contributed by atoms with van der Waals surface area (Å²) in [7, 11) is 2.15. The van der Waals surface area contributed by atoms with Crippen LogP contribution in [0.1, 0.15) is 41.8 Å². The largest absolute Gasteiger partial charge is 0.296 e.